The van der Waals surface area contributed by atoms with Gasteiger partial charge in [-0.05, 0) is 99.5 Å². The Morgan fingerprint density at radius 1 is 1.19 bits per heavy atom. The molecule has 1 N–H and O–H groups in total. The average molecular weight is 513 g/mol. The van der Waals surface area contributed by atoms with Crippen molar-refractivity contribution in [2.75, 3.05) is 31.7 Å². The minimum Gasteiger partial charge on any atom is -0.477 e. The number of hydrogen-bond acceptors (Lipinski definition) is 7. The minimum atomic E-state index is -0.438. The Bertz CT molecular complexity index is 983. The van der Waals surface area contributed by atoms with Gasteiger partial charge in [0.25, 0.3) is 0 Å². The highest BCUT2D eigenvalue weighted by molar-refractivity contribution is 5.98. The van der Waals surface area contributed by atoms with Gasteiger partial charge in [0.1, 0.15) is 5.82 Å². The normalized spacial score (nSPS) is 32.7. The zero-order valence-corrected chi connectivity index (χ0v) is 22.6. The van der Waals surface area contributed by atoms with Crippen molar-refractivity contribution in [2.45, 2.75) is 89.6 Å². The summed E-state index contributed by atoms with van der Waals surface area (Å²) in [6.45, 7) is 4.20. The van der Waals surface area contributed by atoms with Gasteiger partial charge in [-0.25, -0.2) is 0 Å². The largest absolute Gasteiger partial charge is 0.477 e. The summed E-state index contributed by atoms with van der Waals surface area (Å²) in [5.41, 5.74) is 0.144. The lowest BCUT2D eigenvalue weighted by Gasteiger charge is -2.33. The van der Waals surface area contributed by atoms with Gasteiger partial charge in [0.15, 0.2) is 5.78 Å². The fourth-order valence-corrected chi connectivity index (χ4v) is 7.93. The molecule has 37 heavy (non-hydrogen) atoms. The van der Waals surface area contributed by atoms with Gasteiger partial charge >= 0.3 is 5.97 Å². The molecule has 2 heterocycles. The Labute approximate surface area is 221 Å². The number of rotatable bonds is 10. The summed E-state index contributed by atoms with van der Waals surface area (Å²) in [6, 6.07) is 3.83. The Morgan fingerprint density at radius 2 is 2.05 bits per heavy atom. The molecule has 0 aromatic carbocycles. The number of anilines is 1. The van der Waals surface area contributed by atoms with Crippen molar-refractivity contribution < 1.29 is 24.2 Å². The van der Waals surface area contributed by atoms with E-state index in [9.17, 15) is 14.7 Å². The standard InChI is InChI=1S/C30H44N2O5/c1-3-13-37-29-24(9-11-27(31-29)32-12-4-5-21(19-32)15-28(34)36-2)26(33)10-8-22-7-6-20-14-23-17-30(35,16-20)18-25(22)23/h9,11,20-23,25,35H,3-8,10,12-19H2,1-2H3/t20?,21-,22+,23?,25?,30-/m0/s1. The van der Waals surface area contributed by atoms with E-state index >= 15 is 0 Å². The van der Waals surface area contributed by atoms with E-state index < -0.39 is 5.60 Å². The van der Waals surface area contributed by atoms with Gasteiger partial charge in [0, 0.05) is 25.9 Å². The van der Waals surface area contributed by atoms with Crippen molar-refractivity contribution in [1.82, 2.24) is 4.98 Å². The van der Waals surface area contributed by atoms with Crippen LogP contribution >= 0.6 is 0 Å². The van der Waals surface area contributed by atoms with Crippen LogP contribution in [0.2, 0.25) is 0 Å². The smallest absolute Gasteiger partial charge is 0.305 e. The van der Waals surface area contributed by atoms with Crippen molar-refractivity contribution in [3.63, 3.8) is 0 Å². The molecule has 6 atom stereocenters. The molecule has 7 nitrogen and oxygen atoms in total. The lowest BCUT2D eigenvalue weighted by atomic mass is 9.77. The van der Waals surface area contributed by atoms with Crippen molar-refractivity contribution >= 4 is 17.6 Å². The van der Waals surface area contributed by atoms with E-state index in [0.717, 1.165) is 63.9 Å². The fourth-order valence-electron chi connectivity index (χ4n) is 7.93. The number of pyridine rings is 1. The summed E-state index contributed by atoms with van der Waals surface area (Å²) in [7, 11) is 1.44. The number of carbonyl (C=O) groups excluding carboxylic acids is 2. The number of esters is 1. The zero-order valence-electron chi connectivity index (χ0n) is 22.6. The van der Waals surface area contributed by atoms with E-state index in [0.29, 0.717) is 54.6 Å². The number of carbonyl (C=O) groups is 2. The molecule has 0 amide bonds. The maximum atomic E-state index is 13.4. The van der Waals surface area contributed by atoms with E-state index in [1.54, 1.807) is 0 Å². The molecule has 7 heteroatoms. The molecule has 0 spiro atoms. The average Bonchev–Trinajstić information content (AvgIpc) is 3.07. The van der Waals surface area contributed by atoms with Crippen molar-refractivity contribution in [2.24, 2.45) is 29.6 Å². The second kappa shape index (κ2) is 11.3. The lowest BCUT2D eigenvalue weighted by Crippen LogP contribution is -2.37. The van der Waals surface area contributed by atoms with Crippen LogP contribution in [-0.2, 0) is 9.53 Å². The number of hydrogen-bond donors (Lipinski definition) is 1. The summed E-state index contributed by atoms with van der Waals surface area (Å²) >= 11 is 0. The predicted octanol–water partition coefficient (Wildman–Crippen LogP) is 5.19. The summed E-state index contributed by atoms with van der Waals surface area (Å²) < 4.78 is 10.9. The summed E-state index contributed by atoms with van der Waals surface area (Å²) in [5.74, 6) is 3.83. The third kappa shape index (κ3) is 5.97. The molecule has 1 aromatic heterocycles. The number of ketones is 1. The van der Waals surface area contributed by atoms with Crippen LogP contribution in [0.3, 0.4) is 0 Å². The van der Waals surface area contributed by atoms with Crippen LogP contribution in [0.4, 0.5) is 5.82 Å². The van der Waals surface area contributed by atoms with Crippen LogP contribution in [0, 0.1) is 29.6 Å². The second-order valence-corrected chi connectivity index (χ2v) is 12.3. The minimum absolute atomic E-state index is 0.107. The third-order valence-corrected chi connectivity index (χ3v) is 9.58. The van der Waals surface area contributed by atoms with E-state index in [4.69, 9.17) is 14.5 Å². The number of ether oxygens (including phenoxy) is 2. The van der Waals surface area contributed by atoms with Crippen molar-refractivity contribution in [3.05, 3.63) is 17.7 Å². The number of aromatic nitrogens is 1. The summed E-state index contributed by atoms with van der Waals surface area (Å²) in [5, 5.41) is 11.0. The molecule has 3 bridgehead atoms. The van der Waals surface area contributed by atoms with Gasteiger partial charge in [-0.1, -0.05) is 13.3 Å². The van der Waals surface area contributed by atoms with Gasteiger partial charge < -0.3 is 19.5 Å². The highest BCUT2D eigenvalue weighted by Gasteiger charge is 2.53. The molecule has 0 radical (unpaired) electrons. The zero-order chi connectivity index (χ0) is 26.0. The quantitative estimate of drug-likeness (QED) is 0.341. The first-order chi connectivity index (χ1) is 17.9. The van der Waals surface area contributed by atoms with Gasteiger partial charge in [-0.15, -0.1) is 0 Å². The van der Waals surface area contributed by atoms with Crippen LogP contribution < -0.4 is 9.64 Å². The van der Waals surface area contributed by atoms with Crippen LogP contribution in [0.5, 0.6) is 5.88 Å². The number of methoxy groups -OCH3 is 1. The van der Waals surface area contributed by atoms with Crippen LogP contribution in [0.25, 0.3) is 0 Å². The van der Waals surface area contributed by atoms with Gasteiger partial charge in [0.05, 0.1) is 24.9 Å². The maximum Gasteiger partial charge on any atom is 0.305 e. The number of piperidine rings is 1. The molecule has 3 unspecified atom stereocenters. The van der Waals surface area contributed by atoms with Crippen LogP contribution in [0.1, 0.15) is 94.3 Å². The molecule has 1 saturated heterocycles. The van der Waals surface area contributed by atoms with E-state index in [-0.39, 0.29) is 17.7 Å². The van der Waals surface area contributed by atoms with E-state index in [1.165, 1.54) is 26.4 Å². The summed E-state index contributed by atoms with van der Waals surface area (Å²) in [6.07, 6.45) is 11.2. The first kappa shape index (κ1) is 26.5. The topological polar surface area (TPSA) is 89.0 Å². The summed E-state index contributed by atoms with van der Waals surface area (Å²) in [4.78, 5) is 32.2. The molecule has 204 valence electrons. The molecular weight excluding hydrogens is 468 g/mol. The molecule has 3 aliphatic carbocycles. The Kier molecular flexibility index (Phi) is 8.08. The Balaban J connectivity index is 1.25. The van der Waals surface area contributed by atoms with Crippen LogP contribution in [0.15, 0.2) is 12.1 Å². The van der Waals surface area contributed by atoms with Crippen molar-refractivity contribution in [3.8, 4) is 5.88 Å². The SMILES string of the molecule is CCCOc1nc(N2CCC[C@@H](CC(=O)OC)C2)ccc1C(=O)CC[C@H]1CCC2CC3C[C@@](O)(C2)CC31. The highest BCUT2D eigenvalue weighted by Crippen LogP contribution is 2.57. The Hall–Kier alpha value is -2.15. The second-order valence-electron chi connectivity index (χ2n) is 12.3. The van der Waals surface area contributed by atoms with Gasteiger partial charge in [-0.3, -0.25) is 9.59 Å². The van der Waals surface area contributed by atoms with E-state index in [1.807, 2.05) is 12.1 Å². The monoisotopic (exact) mass is 512 g/mol. The van der Waals surface area contributed by atoms with E-state index in [2.05, 4.69) is 11.8 Å². The fraction of sp³-hybridized carbons (Fsp3) is 0.767. The highest BCUT2D eigenvalue weighted by atomic mass is 16.5. The predicted molar refractivity (Wildman–Crippen MR) is 142 cm³/mol. The molecule has 1 aliphatic heterocycles. The van der Waals surface area contributed by atoms with Gasteiger partial charge in [-0.2, -0.15) is 4.98 Å². The molecular formula is C30H44N2O5. The lowest BCUT2D eigenvalue weighted by molar-refractivity contribution is -0.141. The first-order valence-electron chi connectivity index (χ1n) is 14.6. The number of nitrogens with zero attached hydrogens (tertiary/aromatic N) is 2. The molecule has 5 rings (SSSR count). The first-order valence-corrected chi connectivity index (χ1v) is 14.6. The maximum absolute atomic E-state index is 13.4. The Morgan fingerprint density at radius 3 is 2.86 bits per heavy atom. The molecule has 3 saturated carbocycles. The van der Waals surface area contributed by atoms with Crippen LogP contribution in [-0.4, -0.2) is 54.3 Å². The number of Topliss-reactive ketones (excluding diaryl/α,β-unsaturated/α-hetero) is 1. The molecule has 4 aliphatic rings. The van der Waals surface area contributed by atoms with Crippen molar-refractivity contribution in [1.29, 1.82) is 0 Å². The number of aliphatic hydroxyl groups is 1. The molecule has 1 aromatic rings. The third-order valence-electron chi connectivity index (χ3n) is 9.58. The van der Waals surface area contributed by atoms with Gasteiger partial charge in [0.2, 0.25) is 5.88 Å². The number of fused-ring (bicyclic) bond motifs is 2. The molecule has 4 fully saturated rings.